The molecule has 1 aromatic rings. The lowest BCUT2D eigenvalue weighted by Crippen LogP contribution is -2.45. The molecule has 1 aromatic carbocycles. The molecule has 2 N–H and O–H groups in total. The molecule has 19 heavy (non-hydrogen) atoms. The molecule has 0 aliphatic carbocycles. The predicted molar refractivity (Wildman–Crippen MR) is 70.4 cm³/mol. The third kappa shape index (κ3) is 3.24. The lowest BCUT2D eigenvalue weighted by atomic mass is 9.96. The second-order valence-electron chi connectivity index (χ2n) is 5.50. The van der Waals surface area contributed by atoms with Crippen molar-refractivity contribution in [2.24, 2.45) is 0 Å². The van der Waals surface area contributed by atoms with Crippen molar-refractivity contribution in [3.05, 3.63) is 35.4 Å². The summed E-state index contributed by atoms with van der Waals surface area (Å²) in [7, 11) is 0. The molecular weight excluding hydrogens is 244 g/mol. The largest absolute Gasteiger partial charge is 0.444 e. The number of fused-ring (bicyclic) bond motifs is 1. The SMILES string of the molecule is CC(C)(C)OC(=O)N[C@@H]1C(=O)NCc2ccccc21. The minimum Gasteiger partial charge on any atom is -0.444 e. The molecule has 102 valence electrons. The number of benzene rings is 1. The summed E-state index contributed by atoms with van der Waals surface area (Å²) >= 11 is 0. The molecule has 1 aliphatic heterocycles. The van der Waals surface area contributed by atoms with E-state index in [0.29, 0.717) is 6.54 Å². The second-order valence-corrected chi connectivity index (χ2v) is 5.50. The summed E-state index contributed by atoms with van der Waals surface area (Å²) in [5.74, 6) is -0.218. The molecule has 0 bridgehead atoms. The Bertz CT molecular complexity index is 506. The van der Waals surface area contributed by atoms with Crippen LogP contribution in [0, 0.1) is 0 Å². The third-order valence-electron chi connectivity index (χ3n) is 2.74. The number of rotatable bonds is 1. The van der Waals surface area contributed by atoms with Crippen LogP contribution in [-0.4, -0.2) is 17.6 Å². The number of nitrogens with one attached hydrogen (secondary N) is 2. The molecule has 2 amide bonds. The quantitative estimate of drug-likeness (QED) is 0.812. The van der Waals surface area contributed by atoms with Crippen molar-refractivity contribution >= 4 is 12.0 Å². The van der Waals surface area contributed by atoms with Gasteiger partial charge < -0.3 is 15.4 Å². The first-order valence-corrected chi connectivity index (χ1v) is 6.22. The van der Waals surface area contributed by atoms with Gasteiger partial charge in [0.05, 0.1) is 0 Å². The Morgan fingerprint density at radius 1 is 1.37 bits per heavy atom. The molecule has 0 spiro atoms. The first kappa shape index (κ1) is 13.4. The van der Waals surface area contributed by atoms with Crippen LogP contribution in [0.5, 0.6) is 0 Å². The standard InChI is InChI=1S/C14H18N2O3/c1-14(2,3)19-13(18)16-11-10-7-5-4-6-9(10)8-15-12(11)17/h4-7,11H,8H2,1-3H3,(H,15,17)(H,16,18)/t11-/m0/s1. The smallest absolute Gasteiger partial charge is 0.408 e. The number of alkyl carbamates (subject to hydrolysis) is 1. The topological polar surface area (TPSA) is 67.4 Å². The van der Waals surface area contributed by atoms with Gasteiger partial charge in [-0.25, -0.2) is 4.79 Å². The highest BCUT2D eigenvalue weighted by Crippen LogP contribution is 2.23. The zero-order valence-electron chi connectivity index (χ0n) is 11.3. The molecule has 0 radical (unpaired) electrons. The summed E-state index contributed by atoms with van der Waals surface area (Å²) in [5, 5.41) is 5.36. The molecule has 1 aliphatic rings. The molecule has 0 saturated carbocycles. The van der Waals surface area contributed by atoms with Crippen molar-refractivity contribution < 1.29 is 14.3 Å². The van der Waals surface area contributed by atoms with Gasteiger partial charge in [0.15, 0.2) is 0 Å². The number of amides is 2. The molecule has 1 heterocycles. The molecule has 0 fully saturated rings. The van der Waals surface area contributed by atoms with Crippen LogP contribution in [0.4, 0.5) is 4.79 Å². The predicted octanol–water partition coefficient (Wildman–Crippen LogP) is 1.88. The lowest BCUT2D eigenvalue weighted by Gasteiger charge is -2.27. The van der Waals surface area contributed by atoms with E-state index in [-0.39, 0.29) is 5.91 Å². The van der Waals surface area contributed by atoms with E-state index in [0.717, 1.165) is 11.1 Å². The zero-order valence-corrected chi connectivity index (χ0v) is 11.3. The number of carbonyl (C=O) groups excluding carboxylic acids is 2. The van der Waals surface area contributed by atoms with Crippen LogP contribution >= 0.6 is 0 Å². The average molecular weight is 262 g/mol. The maximum atomic E-state index is 11.9. The molecule has 0 saturated heterocycles. The van der Waals surface area contributed by atoms with Crippen molar-refractivity contribution in [1.29, 1.82) is 0 Å². The summed E-state index contributed by atoms with van der Waals surface area (Å²) in [6, 6.07) is 6.83. The van der Waals surface area contributed by atoms with E-state index in [2.05, 4.69) is 10.6 Å². The van der Waals surface area contributed by atoms with Gasteiger partial charge in [-0.3, -0.25) is 4.79 Å². The molecular formula is C14H18N2O3. The molecule has 0 aromatic heterocycles. The van der Waals surface area contributed by atoms with Crippen LogP contribution < -0.4 is 10.6 Å². The van der Waals surface area contributed by atoms with E-state index in [1.165, 1.54) is 0 Å². The Labute approximate surface area is 112 Å². The highest BCUT2D eigenvalue weighted by atomic mass is 16.6. The minimum absolute atomic E-state index is 0.218. The van der Waals surface area contributed by atoms with Crippen molar-refractivity contribution in [1.82, 2.24) is 10.6 Å². The molecule has 2 rings (SSSR count). The number of ether oxygens (including phenoxy) is 1. The van der Waals surface area contributed by atoms with Gasteiger partial charge in [-0.1, -0.05) is 24.3 Å². The Hall–Kier alpha value is -2.04. The van der Waals surface area contributed by atoms with Gasteiger partial charge in [-0.15, -0.1) is 0 Å². The van der Waals surface area contributed by atoms with Crippen molar-refractivity contribution in [2.75, 3.05) is 0 Å². The second kappa shape index (κ2) is 4.91. The highest BCUT2D eigenvalue weighted by Gasteiger charge is 2.30. The van der Waals surface area contributed by atoms with E-state index >= 15 is 0 Å². The fourth-order valence-corrected chi connectivity index (χ4v) is 1.97. The fourth-order valence-electron chi connectivity index (χ4n) is 1.97. The average Bonchev–Trinajstić information content (AvgIpc) is 2.31. The zero-order chi connectivity index (χ0) is 14.0. The fraction of sp³-hybridized carbons (Fsp3) is 0.429. The van der Waals surface area contributed by atoms with Gasteiger partial charge >= 0.3 is 6.09 Å². The highest BCUT2D eigenvalue weighted by molar-refractivity contribution is 5.88. The summed E-state index contributed by atoms with van der Waals surface area (Å²) in [4.78, 5) is 23.6. The molecule has 0 unspecified atom stereocenters. The Kier molecular flexibility index (Phi) is 3.46. The van der Waals surface area contributed by atoms with Gasteiger partial charge in [-0.2, -0.15) is 0 Å². The van der Waals surface area contributed by atoms with Crippen LogP contribution in [0.15, 0.2) is 24.3 Å². The van der Waals surface area contributed by atoms with Gasteiger partial charge in [0.2, 0.25) is 5.91 Å². The lowest BCUT2D eigenvalue weighted by molar-refractivity contribution is -0.124. The summed E-state index contributed by atoms with van der Waals surface area (Å²) in [6.07, 6.45) is -0.593. The summed E-state index contributed by atoms with van der Waals surface area (Å²) in [6.45, 7) is 5.83. The van der Waals surface area contributed by atoms with E-state index in [9.17, 15) is 9.59 Å². The number of carbonyl (C=O) groups is 2. The third-order valence-corrected chi connectivity index (χ3v) is 2.74. The first-order chi connectivity index (χ1) is 8.87. The minimum atomic E-state index is -0.695. The Morgan fingerprint density at radius 2 is 2.05 bits per heavy atom. The van der Waals surface area contributed by atoms with E-state index in [1.807, 2.05) is 24.3 Å². The van der Waals surface area contributed by atoms with Gasteiger partial charge in [0.1, 0.15) is 11.6 Å². The Morgan fingerprint density at radius 3 is 2.74 bits per heavy atom. The van der Waals surface area contributed by atoms with E-state index in [1.54, 1.807) is 20.8 Å². The maximum absolute atomic E-state index is 11.9. The van der Waals surface area contributed by atoms with Gasteiger partial charge in [0.25, 0.3) is 0 Å². The summed E-state index contributed by atoms with van der Waals surface area (Å²) in [5.41, 5.74) is 1.23. The molecule has 1 atom stereocenters. The van der Waals surface area contributed by atoms with Crippen molar-refractivity contribution in [2.45, 2.75) is 39.0 Å². The summed E-state index contributed by atoms with van der Waals surface area (Å²) < 4.78 is 5.17. The van der Waals surface area contributed by atoms with Crippen LogP contribution in [-0.2, 0) is 16.1 Å². The van der Waals surface area contributed by atoms with Crippen LogP contribution in [0.25, 0.3) is 0 Å². The maximum Gasteiger partial charge on any atom is 0.408 e. The Balaban J connectivity index is 2.16. The van der Waals surface area contributed by atoms with Crippen molar-refractivity contribution in [3.8, 4) is 0 Å². The monoisotopic (exact) mass is 262 g/mol. The van der Waals surface area contributed by atoms with Gasteiger partial charge in [0, 0.05) is 6.54 Å². The van der Waals surface area contributed by atoms with Crippen LogP contribution in [0.1, 0.15) is 37.9 Å². The van der Waals surface area contributed by atoms with Crippen LogP contribution in [0.3, 0.4) is 0 Å². The van der Waals surface area contributed by atoms with Crippen molar-refractivity contribution in [3.63, 3.8) is 0 Å². The number of hydrogen-bond acceptors (Lipinski definition) is 3. The van der Waals surface area contributed by atoms with Crippen LogP contribution in [0.2, 0.25) is 0 Å². The number of hydrogen-bond donors (Lipinski definition) is 2. The van der Waals surface area contributed by atoms with Gasteiger partial charge in [-0.05, 0) is 31.9 Å². The first-order valence-electron chi connectivity index (χ1n) is 6.22. The van der Waals surface area contributed by atoms with E-state index in [4.69, 9.17) is 4.74 Å². The molecule has 5 nitrogen and oxygen atoms in total. The molecule has 5 heteroatoms. The normalized spacial score (nSPS) is 18.3. The van der Waals surface area contributed by atoms with E-state index < -0.39 is 17.7 Å².